The molecule has 112 valence electrons. The third-order valence-electron chi connectivity index (χ3n) is 3.16. The number of alkyl halides is 4. The van der Waals surface area contributed by atoms with E-state index in [2.05, 4.69) is 31.9 Å². The number of hydrogen-bond acceptors (Lipinski definition) is 0. The second-order valence-electron chi connectivity index (χ2n) is 4.89. The highest BCUT2D eigenvalue weighted by Gasteiger charge is 2.31. The van der Waals surface area contributed by atoms with Crippen LogP contribution in [0, 0.1) is 6.92 Å². The van der Waals surface area contributed by atoms with Crippen molar-refractivity contribution < 1.29 is 13.2 Å². The third-order valence-corrected chi connectivity index (χ3v) is 4.70. The van der Waals surface area contributed by atoms with Crippen molar-refractivity contribution in [2.45, 2.75) is 24.3 Å². The number of benzene rings is 2. The van der Waals surface area contributed by atoms with Crippen molar-refractivity contribution in [3.8, 4) is 0 Å². The van der Waals surface area contributed by atoms with Crippen molar-refractivity contribution in [2.75, 3.05) is 0 Å². The molecule has 2 rings (SSSR count). The molecule has 1 atom stereocenters. The van der Waals surface area contributed by atoms with Crippen molar-refractivity contribution in [1.29, 1.82) is 0 Å². The van der Waals surface area contributed by atoms with Gasteiger partial charge in [-0.3, -0.25) is 0 Å². The summed E-state index contributed by atoms with van der Waals surface area (Å²) in [5.41, 5.74) is 2.19. The average Bonchev–Trinajstić information content (AvgIpc) is 2.37. The van der Waals surface area contributed by atoms with E-state index in [4.69, 9.17) is 0 Å². The van der Waals surface area contributed by atoms with Crippen molar-refractivity contribution in [3.63, 3.8) is 0 Å². The van der Waals surface area contributed by atoms with E-state index in [9.17, 15) is 13.2 Å². The van der Waals surface area contributed by atoms with Gasteiger partial charge in [0.25, 0.3) is 0 Å². The summed E-state index contributed by atoms with van der Waals surface area (Å²) in [6.45, 7) is 1.99. The zero-order chi connectivity index (χ0) is 15.6. The molecule has 0 N–H and O–H groups in total. The van der Waals surface area contributed by atoms with Crippen molar-refractivity contribution in [1.82, 2.24) is 0 Å². The Balaban J connectivity index is 2.28. The quantitative estimate of drug-likeness (QED) is 0.499. The number of rotatable bonds is 3. The maximum atomic E-state index is 12.8. The lowest BCUT2D eigenvalue weighted by atomic mass is 10.0. The second-order valence-corrected chi connectivity index (χ2v) is 6.85. The Hall–Kier alpha value is -0.810. The molecule has 0 radical (unpaired) electrons. The lowest BCUT2D eigenvalue weighted by molar-refractivity contribution is -0.137. The van der Waals surface area contributed by atoms with Crippen molar-refractivity contribution >= 4 is 31.9 Å². The fourth-order valence-corrected chi connectivity index (χ4v) is 3.70. The predicted octanol–water partition coefficient (Wildman–Crippen LogP) is 6.46. The summed E-state index contributed by atoms with van der Waals surface area (Å²) in [6.07, 6.45) is -3.70. The molecule has 0 bridgehead atoms. The molecule has 0 amide bonds. The molecule has 0 saturated heterocycles. The Labute approximate surface area is 138 Å². The van der Waals surface area contributed by atoms with Crippen LogP contribution in [-0.4, -0.2) is 0 Å². The van der Waals surface area contributed by atoms with Crippen LogP contribution in [0.25, 0.3) is 0 Å². The Morgan fingerprint density at radius 3 is 2.43 bits per heavy atom. The highest BCUT2D eigenvalue weighted by molar-refractivity contribution is 9.11. The topological polar surface area (TPSA) is 0 Å². The summed E-state index contributed by atoms with van der Waals surface area (Å²) < 4.78 is 39.1. The number of halogens is 5. The normalized spacial score (nSPS) is 13.2. The van der Waals surface area contributed by atoms with Crippen LogP contribution in [0.5, 0.6) is 0 Å². The van der Waals surface area contributed by atoms with Crippen LogP contribution >= 0.6 is 31.9 Å². The standard InChI is InChI=1S/C16H13Br2F3/c1-10-3-2-4-11(7-10)8-15(18)13-9-12(16(19,20)21)5-6-14(13)17/h2-7,9,15H,8H2,1H3. The van der Waals surface area contributed by atoms with E-state index in [1.165, 1.54) is 12.1 Å². The molecule has 5 heteroatoms. The van der Waals surface area contributed by atoms with Gasteiger partial charge in [-0.2, -0.15) is 13.2 Å². The van der Waals surface area contributed by atoms with E-state index in [0.29, 0.717) is 16.5 Å². The van der Waals surface area contributed by atoms with Gasteiger partial charge in [0, 0.05) is 9.30 Å². The van der Waals surface area contributed by atoms with Gasteiger partial charge in [0.05, 0.1) is 5.56 Å². The first-order chi connectivity index (χ1) is 9.77. The third kappa shape index (κ3) is 4.33. The lowest BCUT2D eigenvalue weighted by Gasteiger charge is -2.15. The Kier molecular flexibility index (Phi) is 5.15. The maximum absolute atomic E-state index is 12.8. The SMILES string of the molecule is Cc1cccc(CC(Br)c2cc(C(F)(F)F)ccc2Br)c1. The maximum Gasteiger partial charge on any atom is 0.416 e. The van der Waals surface area contributed by atoms with Crippen molar-refractivity contribution in [3.05, 3.63) is 69.2 Å². The van der Waals surface area contributed by atoms with Gasteiger partial charge in [0.15, 0.2) is 0 Å². The Morgan fingerprint density at radius 1 is 1.10 bits per heavy atom. The van der Waals surface area contributed by atoms with Crippen LogP contribution in [-0.2, 0) is 12.6 Å². The molecular formula is C16H13Br2F3. The molecule has 0 spiro atoms. The molecular weight excluding hydrogens is 409 g/mol. The highest BCUT2D eigenvalue weighted by Crippen LogP contribution is 2.37. The van der Waals surface area contributed by atoms with E-state index in [1.54, 1.807) is 0 Å². The molecule has 0 aromatic heterocycles. The van der Waals surface area contributed by atoms with Crippen molar-refractivity contribution in [2.24, 2.45) is 0 Å². The molecule has 0 saturated carbocycles. The molecule has 2 aromatic rings. The van der Waals surface area contributed by atoms with Gasteiger partial charge in [-0.1, -0.05) is 61.7 Å². The van der Waals surface area contributed by atoms with E-state index in [-0.39, 0.29) is 4.83 Å². The second kappa shape index (κ2) is 6.53. The fraction of sp³-hybridized carbons (Fsp3) is 0.250. The minimum absolute atomic E-state index is 0.184. The first-order valence-corrected chi connectivity index (χ1v) is 8.04. The largest absolute Gasteiger partial charge is 0.416 e. The molecule has 0 aliphatic carbocycles. The molecule has 21 heavy (non-hydrogen) atoms. The van der Waals surface area contributed by atoms with Crippen LogP contribution in [0.1, 0.15) is 27.1 Å². The van der Waals surface area contributed by atoms with Gasteiger partial charge >= 0.3 is 6.18 Å². The van der Waals surface area contributed by atoms with Crippen LogP contribution in [0.15, 0.2) is 46.9 Å². The number of hydrogen-bond donors (Lipinski definition) is 0. The monoisotopic (exact) mass is 420 g/mol. The first-order valence-electron chi connectivity index (χ1n) is 6.33. The Bertz CT molecular complexity index is 636. The smallest absolute Gasteiger partial charge is 0.166 e. The first kappa shape index (κ1) is 16.6. The van der Waals surface area contributed by atoms with Crippen LogP contribution in [0.2, 0.25) is 0 Å². The Morgan fingerprint density at radius 2 is 1.81 bits per heavy atom. The summed E-state index contributed by atoms with van der Waals surface area (Å²) in [6, 6.07) is 11.7. The van der Waals surface area contributed by atoms with E-state index in [1.807, 2.05) is 31.2 Å². The zero-order valence-electron chi connectivity index (χ0n) is 11.2. The van der Waals surface area contributed by atoms with Crippen LogP contribution in [0.4, 0.5) is 13.2 Å². The molecule has 2 aromatic carbocycles. The summed E-state index contributed by atoms with van der Waals surface area (Å²) in [7, 11) is 0. The van der Waals surface area contributed by atoms with Gasteiger partial charge in [-0.25, -0.2) is 0 Å². The minimum Gasteiger partial charge on any atom is -0.166 e. The van der Waals surface area contributed by atoms with E-state index in [0.717, 1.165) is 17.2 Å². The molecule has 0 aliphatic rings. The van der Waals surface area contributed by atoms with Crippen LogP contribution < -0.4 is 0 Å². The summed E-state index contributed by atoms with van der Waals surface area (Å²) in [5.74, 6) is 0. The van der Waals surface area contributed by atoms with Gasteiger partial charge in [-0.05, 0) is 42.7 Å². The summed E-state index contributed by atoms with van der Waals surface area (Å²) in [4.78, 5) is -0.184. The van der Waals surface area contributed by atoms with E-state index >= 15 is 0 Å². The predicted molar refractivity (Wildman–Crippen MR) is 85.7 cm³/mol. The lowest BCUT2D eigenvalue weighted by Crippen LogP contribution is -2.07. The van der Waals surface area contributed by atoms with Gasteiger partial charge in [0.2, 0.25) is 0 Å². The van der Waals surface area contributed by atoms with E-state index < -0.39 is 11.7 Å². The van der Waals surface area contributed by atoms with Gasteiger partial charge < -0.3 is 0 Å². The average molecular weight is 422 g/mol. The molecule has 0 aliphatic heterocycles. The zero-order valence-corrected chi connectivity index (χ0v) is 14.4. The highest BCUT2D eigenvalue weighted by atomic mass is 79.9. The molecule has 0 fully saturated rings. The minimum atomic E-state index is -4.33. The number of aryl methyl sites for hydroxylation is 1. The molecule has 0 heterocycles. The van der Waals surface area contributed by atoms with Crippen LogP contribution in [0.3, 0.4) is 0 Å². The summed E-state index contributed by atoms with van der Waals surface area (Å²) in [5, 5.41) is 0. The summed E-state index contributed by atoms with van der Waals surface area (Å²) >= 11 is 6.83. The fourth-order valence-electron chi connectivity index (χ4n) is 2.12. The van der Waals surface area contributed by atoms with Gasteiger partial charge in [0.1, 0.15) is 0 Å². The molecule has 0 nitrogen and oxygen atoms in total. The molecule has 1 unspecified atom stereocenters. The van der Waals surface area contributed by atoms with Gasteiger partial charge in [-0.15, -0.1) is 0 Å².